The maximum Gasteiger partial charge on any atom is 0.136 e. The molecule has 1 aliphatic rings. The Bertz CT molecular complexity index is 342. The Morgan fingerprint density at radius 1 is 1.25 bits per heavy atom. The number of hydrogen-bond acceptors (Lipinski definition) is 2. The van der Waals surface area contributed by atoms with E-state index in [0.717, 1.165) is 4.90 Å². The SMILES string of the molecule is CNC1CCCCC1Sc1ccccc1F. The quantitative estimate of drug-likeness (QED) is 0.867. The number of nitrogens with one attached hydrogen (secondary N) is 1. The van der Waals surface area contributed by atoms with E-state index in [-0.39, 0.29) is 5.82 Å². The molecule has 1 fully saturated rings. The van der Waals surface area contributed by atoms with E-state index in [2.05, 4.69) is 5.32 Å². The number of halogens is 1. The van der Waals surface area contributed by atoms with Gasteiger partial charge in [0.1, 0.15) is 5.82 Å². The van der Waals surface area contributed by atoms with Gasteiger partial charge < -0.3 is 5.32 Å². The molecule has 1 N–H and O–H groups in total. The first-order valence-corrected chi connectivity index (χ1v) is 6.77. The van der Waals surface area contributed by atoms with Gasteiger partial charge in [-0.2, -0.15) is 0 Å². The van der Waals surface area contributed by atoms with Crippen molar-refractivity contribution in [1.29, 1.82) is 0 Å². The van der Waals surface area contributed by atoms with Crippen LogP contribution in [0.4, 0.5) is 4.39 Å². The fraction of sp³-hybridized carbons (Fsp3) is 0.538. The van der Waals surface area contributed by atoms with E-state index >= 15 is 0 Å². The number of benzene rings is 1. The zero-order chi connectivity index (χ0) is 11.4. The third-order valence-corrected chi connectivity index (χ3v) is 4.64. The van der Waals surface area contributed by atoms with E-state index in [0.29, 0.717) is 11.3 Å². The highest BCUT2D eigenvalue weighted by molar-refractivity contribution is 8.00. The van der Waals surface area contributed by atoms with Crippen molar-refractivity contribution in [2.75, 3.05) is 7.05 Å². The lowest BCUT2D eigenvalue weighted by Crippen LogP contribution is -2.38. The van der Waals surface area contributed by atoms with Crippen molar-refractivity contribution >= 4 is 11.8 Å². The van der Waals surface area contributed by atoms with E-state index in [1.807, 2.05) is 19.2 Å². The first kappa shape index (κ1) is 11.9. The maximum atomic E-state index is 13.5. The molecule has 88 valence electrons. The molecule has 0 radical (unpaired) electrons. The van der Waals surface area contributed by atoms with Gasteiger partial charge in [-0.3, -0.25) is 0 Å². The Morgan fingerprint density at radius 2 is 2.00 bits per heavy atom. The molecule has 0 bridgehead atoms. The molecule has 0 amide bonds. The Morgan fingerprint density at radius 3 is 2.75 bits per heavy atom. The second-order valence-corrected chi connectivity index (χ2v) is 5.55. The summed E-state index contributed by atoms with van der Waals surface area (Å²) in [7, 11) is 2.00. The predicted molar refractivity (Wildman–Crippen MR) is 67.4 cm³/mol. The van der Waals surface area contributed by atoms with Gasteiger partial charge in [0.15, 0.2) is 0 Å². The topological polar surface area (TPSA) is 12.0 Å². The molecule has 0 aromatic heterocycles. The molecule has 1 aromatic carbocycles. The summed E-state index contributed by atoms with van der Waals surface area (Å²) in [6, 6.07) is 7.60. The van der Waals surface area contributed by atoms with Crippen LogP contribution in [0.15, 0.2) is 29.2 Å². The van der Waals surface area contributed by atoms with E-state index < -0.39 is 0 Å². The van der Waals surface area contributed by atoms with Crippen molar-refractivity contribution in [2.24, 2.45) is 0 Å². The third-order valence-electron chi connectivity index (χ3n) is 3.19. The largest absolute Gasteiger partial charge is 0.316 e. The lowest BCUT2D eigenvalue weighted by molar-refractivity contribution is 0.405. The van der Waals surface area contributed by atoms with Crippen LogP contribution in [0.2, 0.25) is 0 Å². The monoisotopic (exact) mass is 239 g/mol. The van der Waals surface area contributed by atoms with Crippen molar-refractivity contribution in [3.63, 3.8) is 0 Å². The summed E-state index contributed by atoms with van der Waals surface area (Å²) in [5, 5.41) is 3.86. The molecule has 2 rings (SSSR count). The third kappa shape index (κ3) is 2.77. The summed E-state index contributed by atoms with van der Waals surface area (Å²) in [6.07, 6.45) is 4.96. The van der Waals surface area contributed by atoms with E-state index in [4.69, 9.17) is 0 Å². The first-order chi connectivity index (χ1) is 7.81. The van der Waals surface area contributed by atoms with Gasteiger partial charge in [0.05, 0.1) is 0 Å². The summed E-state index contributed by atoms with van der Waals surface area (Å²) in [5.41, 5.74) is 0. The van der Waals surface area contributed by atoms with Gasteiger partial charge >= 0.3 is 0 Å². The number of thioether (sulfide) groups is 1. The van der Waals surface area contributed by atoms with Crippen LogP contribution >= 0.6 is 11.8 Å². The molecule has 2 atom stereocenters. The lowest BCUT2D eigenvalue weighted by Gasteiger charge is -2.30. The van der Waals surface area contributed by atoms with Crippen LogP contribution in [-0.4, -0.2) is 18.3 Å². The van der Waals surface area contributed by atoms with Gasteiger partial charge in [-0.25, -0.2) is 4.39 Å². The Labute approximate surface area is 101 Å². The van der Waals surface area contributed by atoms with Crippen molar-refractivity contribution in [1.82, 2.24) is 5.32 Å². The number of hydrogen-bond donors (Lipinski definition) is 1. The standard InChI is InChI=1S/C13H18FNS/c1-15-11-7-3-5-9-13(11)16-12-8-4-2-6-10(12)14/h2,4,6,8,11,13,15H,3,5,7,9H2,1H3. The molecule has 1 aromatic rings. The molecule has 0 saturated heterocycles. The maximum absolute atomic E-state index is 13.5. The lowest BCUT2D eigenvalue weighted by atomic mass is 9.95. The van der Waals surface area contributed by atoms with Gasteiger partial charge in [-0.05, 0) is 32.0 Å². The molecular formula is C13H18FNS. The van der Waals surface area contributed by atoms with Crippen molar-refractivity contribution < 1.29 is 4.39 Å². The molecule has 1 saturated carbocycles. The van der Waals surface area contributed by atoms with E-state index in [9.17, 15) is 4.39 Å². The first-order valence-electron chi connectivity index (χ1n) is 5.89. The highest BCUT2D eigenvalue weighted by atomic mass is 32.2. The second-order valence-electron chi connectivity index (χ2n) is 4.27. The second kappa shape index (κ2) is 5.69. The molecule has 1 aliphatic carbocycles. The Kier molecular flexibility index (Phi) is 4.24. The number of rotatable bonds is 3. The van der Waals surface area contributed by atoms with Crippen LogP contribution in [0, 0.1) is 5.82 Å². The Balaban J connectivity index is 2.05. The highest BCUT2D eigenvalue weighted by Crippen LogP contribution is 2.34. The van der Waals surface area contributed by atoms with Crippen molar-refractivity contribution in [3.8, 4) is 0 Å². The molecular weight excluding hydrogens is 221 g/mol. The van der Waals surface area contributed by atoms with Gasteiger partial charge in [0.25, 0.3) is 0 Å². The fourth-order valence-corrected chi connectivity index (χ4v) is 3.66. The zero-order valence-corrected chi connectivity index (χ0v) is 10.4. The summed E-state index contributed by atoms with van der Waals surface area (Å²) in [4.78, 5) is 0.787. The molecule has 0 heterocycles. The molecule has 0 spiro atoms. The van der Waals surface area contributed by atoms with Crippen molar-refractivity contribution in [2.45, 2.75) is 41.9 Å². The summed E-state index contributed by atoms with van der Waals surface area (Å²) >= 11 is 1.69. The normalized spacial score (nSPS) is 25.6. The van der Waals surface area contributed by atoms with Gasteiger partial charge in [-0.1, -0.05) is 25.0 Å². The van der Waals surface area contributed by atoms with Crippen LogP contribution in [0.3, 0.4) is 0 Å². The fourth-order valence-electron chi connectivity index (χ4n) is 2.27. The summed E-state index contributed by atoms with van der Waals surface area (Å²) in [5.74, 6) is -0.0899. The average Bonchev–Trinajstić information content (AvgIpc) is 2.33. The van der Waals surface area contributed by atoms with Crippen LogP contribution in [0.25, 0.3) is 0 Å². The van der Waals surface area contributed by atoms with Crippen LogP contribution in [0.5, 0.6) is 0 Å². The van der Waals surface area contributed by atoms with Crippen LogP contribution < -0.4 is 5.32 Å². The minimum Gasteiger partial charge on any atom is -0.316 e. The Hall–Kier alpha value is -0.540. The van der Waals surface area contributed by atoms with Gasteiger partial charge in [0, 0.05) is 16.2 Å². The van der Waals surface area contributed by atoms with Crippen molar-refractivity contribution in [3.05, 3.63) is 30.1 Å². The smallest absolute Gasteiger partial charge is 0.136 e. The van der Waals surface area contributed by atoms with Crippen LogP contribution in [0.1, 0.15) is 25.7 Å². The average molecular weight is 239 g/mol. The van der Waals surface area contributed by atoms with E-state index in [1.54, 1.807) is 23.9 Å². The molecule has 0 aliphatic heterocycles. The minimum atomic E-state index is -0.0899. The molecule has 2 unspecified atom stereocenters. The molecule has 3 heteroatoms. The summed E-state index contributed by atoms with van der Waals surface area (Å²) in [6.45, 7) is 0. The van der Waals surface area contributed by atoms with Gasteiger partial charge in [-0.15, -0.1) is 11.8 Å². The van der Waals surface area contributed by atoms with Gasteiger partial charge in [0.2, 0.25) is 0 Å². The van der Waals surface area contributed by atoms with Crippen LogP contribution in [-0.2, 0) is 0 Å². The van der Waals surface area contributed by atoms with E-state index in [1.165, 1.54) is 25.7 Å². The predicted octanol–water partition coefficient (Wildman–Crippen LogP) is 3.45. The molecule has 16 heavy (non-hydrogen) atoms. The summed E-state index contributed by atoms with van der Waals surface area (Å²) < 4.78 is 13.5. The highest BCUT2D eigenvalue weighted by Gasteiger charge is 2.25. The minimum absolute atomic E-state index is 0.0899. The zero-order valence-electron chi connectivity index (χ0n) is 9.58. The molecule has 1 nitrogen and oxygen atoms in total.